The Balaban J connectivity index is 1.92. The standard InChI is InChI=1S/C26H25NO6S/c1-5-33-18-8-6-7-16(13-18)23(28)21-22(25-15(2)11-12-34-25)27(26(30)24(21)29)17-9-10-19(31-3)20(14-17)32-4/h6-14,22,28H,5H2,1-4H3/b23-21-. The topological polar surface area (TPSA) is 85.3 Å². The number of rotatable bonds is 7. The fourth-order valence-corrected chi connectivity index (χ4v) is 5.07. The van der Waals surface area contributed by atoms with E-state index in [1.54, 1.807) is 42.5 Å². The molecule has 7 nitrogen and oxygen atoms in total. The van der Waals surface area contributed by atoms with E-state index in [4.69, 9.17) is 14.2 Å². The van der Waals surface area contributed by atoms with Crippen molar-refractivity contribution in [2.75, 3.05) is 25.7 Å². The van der Waals surface area contributed by atoms with Crippen LogP contribution in [0.25, 0.3) is 5.76 Å². The predicted molar refractivity (Wildman–Crippen MR) is 131 cm³/mol. The predicted octanol–water partition coefficient (Wildman–Crippen LogP) is 5.10. The molecule has 1 aliphatic rings. The first-order chi connectivity index (χ1) is 16.4. The second kappa shape index (κ2) is 9.61. The first-order valence-electron chi connectivity index (χ1n) is 10.7. The van der Waals surface area contributed by atoms with E-state index in [9.17, 15) is 14.7 Å². The van der Waals surface area contributed by atoms with Gasteiger partial charge in [0.2, 0.25) is 0 Å². The molecule has 1 fully saturated rings. The Labute approximate surface area is 201 Å². The van der Waals surface area contributed by atoms with Crippen molar-refractivity contribution in [3.63, 3.8) is 0 Å². The molecule has 176 valence electrons. The number of aliphatic hydroxyl groups excluding tert-OH is 1. The third-order valence-electron chi connectivity index (χ3n) is 5.66. The molecule has 0 spiro atoms. The molecule has 0 radical (unpaired) electrons. The average molecular weight is 480 g/mol. The van der Waals surface area contributed by atoms with E-state index < -0.39 is 17.7 Å². The zero-order valence-electron chi connectivity index (χ0n) is 19.3. The van der Waals surface area contributed by atoms with E-state index in [-0.39, 0.29) is 11.3 Å². The summed E-state index contributed by atoms with van der Waals surface area (Å²) >= 11 is 1.42. The SMILES string of the molecule is CCOc1cccc(/C(O)=C2/C(=O)C(=O)N(c3ccc(OC)c(OC)c3)C2c2sccc2C)c1. The van der Waals surface area contributed by atoms with Crippen molar-refractivity contribution in [2.24, 2.45) is 0 Å². The molecule has 0 bridgehead atoms. The molecule has 2 heterocycles. The maximum absolute atomic E-state index is 13.3. The van der Waals surface area contributed by atoms with Gasteiger partial charge in [-0.2, -0.15) is 0 Å². The number of carbonyl (C=O) groups is 2. The highest BCUT2D eigenvalue weighted by molar-refractivity contribution is 7.10. The fraction of sp³-hybridized carbons (Fsp3) is 0.231. The molecule has 34 heavy (non-hydrogen) atoms. The van der Waals surface area contributed by atoms with Crippen LogP contribution in [0.2, 0.25) is 0 Å². The fourth-order valence-electron chi connectivity index (χ4n) is 4.04. The molecule has 1 aliphatic heterocycles. The van der Waals surface area contributed by atoms with Crippen LogP contribution in [0, 0.1) is 6.92 Å². The van der Waals surface area contributed by atoms with Gasteiger partial charge in [0.25, 0.3) is 11.7 Å². The smallest absolute Gasteiger partial charge is 0.300 e. The van der Waals surface area contributed by atoms with Crippen LogP contribution in [0.5, 0.6) is 17.2 Å². The zero-order valence-corrected chi connectivity index (χ0v) is 20.1. The molecule has 8 heteroatoms. The summed E-state index contributed by atoms with van der Waals surface area (Å²) in [6, 6.07) is 13.0. The van der Waals surface area contributed by atoms with Gasteiger partial charge in [0, 0.05) is 22.2 Å². The second-order valence-corrected chi connectivity index (χ2v) is 8.58. The molecule has 1 saturated heterocycles. The highest BCUT2D eigenvalue weighted by atomic mass is 32.1. The van der Waals surface area contributed by atoms with Crippen molar-refractivity contribution < 1.29 is 28.9 Å². The number of carbonyl (C=O) groups excluding carboxylic acids is 2. The summed E-state index contributed by atoms with van der Waals surface area (Å²) in [6.07, 6.45) is 0. The van der Waals surface area contributed by atoms with Gasteiger partial charge in [0.1, 0.15) is 17.6 Å². The minimum absolute atomic E-state index is 0.0268. The number of hydrogen-bond acceptors (Lipinski definition) is 7. The highest BCUT2D eigenvalue weighted by Gasteiger charge is 2.48. The number of ketones is 1. The minimum Gasteiger partial charge on any atom is -0.507 e. The Morgan fingerprint density at radius 2 is 1.82 bits per heavy atom. The molecule has 1 N–H and O–H groups in total. The molecule has 2 aromatic carbocycles. The van der Waals surface area contributed by atoms with Crippen LogP contribution in [0.3, 0.4) is 0 Å². The largest absolute Gasteiger partial charge is 0.507 e. The van der Waals surface area contributed by atoms with Gasteiger partial charge in [0.15, 0.2) is 11.5 Å². The summed E-state index contributed by atoms with van der Waals surface area (Å²) in [6.45, 7) is 4.24. The third-order valence-corrected chi connectivity index (χ3v) is 6.73. The van der Waals surface area contributed by atoms with Gasteiger partial charge in [-0.1, -0.05) is 12.1 Å². The zero-order chi connectivity index (χ0) is 24.4. The second-order valence-electron chi connectivity index (χ2n) is 7.64. The van der Waals surface area contributed by atoms with Crippen LogP contribution in [0.15, 0.2) is 59.5 Å². The molecule has 1 aromatic heterocycles. The van der Waals surface area contributed by atoms with Crippen LogP contribution < -0.4 is 19.1 Å². The van der Waals surface area contributed by atoms with Gasteiger partial charge >= 0.3 is 0 Å². The van der Waals surface area contributed by atoms with Gasteiger partial charge < -0.3 is 19.3 Å². The summed E-state index contributed by atoms with van der Waals surface area (Å²) in [7, 11) is 3.02. The van der Waals surface area contributed by atoms with E-state index in [1.165, 1.54) is 30.5 Å². The number of ether oxygens (including phenoxy) is 3. The van der Waals surface area contributed by atoms with Gasteiger partial charge in [-0.15, -0.1) is 11.3 Å². The molecule has 1 unspecified atom stereocenters. The summed E-state index contributed by atoms with van der Waals surface area (Å²) in [5, 5.41) is 13.2. The van der Waals surface area contributed by atoms with Crippen molar-refractivity contribution in [1.82, 2.24) is 0 Å². The highest BCUT2D eigenvalue weighted by Crippen LogP contribution is 2.46. The normalized spacial score (nSPS) is 17.2. The number of thiophene rings is 1. The number of aryl methyl sites for hydroxylation is 1. The van der Waals surface area contributed by atoms with Gasteiger partial charge in [-0.25, -0.2) is 0 Å². The summed E-state index contributed by atoms with van der Waals surface area (Å²) in [4.78, 5) is 28.8. The lowest BCUT2D eigenvalue weighted by Crippen LogP contribution is -2.29. The summed E-state index contributed by atoms with van der Waals surface area (Å²) in [5.74, 6) is -0.253. The molecule has 0 aliphatic carbocycles. The van der Waals surface area contributed by atoms with Crippen molar-refractivity contribution in [2.45, 2.75) is 19.9 Å². The Morgan fingerprint density at radius 3 is 2.47 bits per heavy atom. The first kappa shape index (κ1) is 23.4. The monoisotopic (exact) mass is 479 g/mol. The van der Waals surface area contributed by atoms with E-state index in [1.807, 2.05) is 25.3 Å². The lowest BCUT2D eigenvalue weighted by atomic mass is 9.98. The van der Waals surface area contributed by atoms with Crippen molar-refractivity contribution >= 4 is 34.5 Å². The van der Waals surface area contributed by atoms with Crippen molar-refractivity contribution in [3.8, 4) is 17.2 Å². The van der Waals surface area contributed by atoms with Gasteiger partial charge in [-0.05, 0) is 55.1 Å². The third kappa shape index (κ3) is 4.01. The van der Waals surface area contributed by atoms with E-state index in [0.717, 1.165) is 10.4 Å². The molecular formula is C26H25NO6S. The lowest BCUT2D eigenvalue weighted by Gasteiger charge is -2.25. The number of Topliss-reactive ketones (excluding diaryl/α,β-unsaturated/α-hetero) is 1. The maximum atomic E-state index is 13.3. The molecular weight excluding hydrogens is 454 g/mol. The van der Waals surface area contributed by atoms with Crippen LogP contribution >= 0.6 is 11.3 Å². The lowest BCUT2D eigenvalue weighted by molar-refractivity contribution is -0.132. The van der Waals surface area contributed by atoms with Crippen LogP contribution in [-0.2, 0) is 9.59 Å². The Kier molecular flexibility index (Phi) is 6.61. The molecule has 3 aromatic rings. The van der Waals surface area contributed by atoms with E-state index in [2.05, 4.69) is 0 Å². The van der Waals surface area contributed by atoms with Crippen molar-refractivity contribution in [1.29, 1.82) is 0 Å². The number of methoxy groups -OCH3 is 2. The number of nitrogens with zero attached hydrogens (tertiary/aromatic N) is 1. The Hall–Kier alpha value is -3.78. The summed E-state index contributed by atoms with van der Waals surface area (Å²) < 4.78 is 16.3. The number of anilines is 1. The number of aliphatic hydroxyl groups is 1. The van der Waals surface area contributed by atoms with Crippen LogP contribution in [0.1, 0.15) is 29.0 Å². The average Bonchev–Trinajstić information content (AvgIpc) is 3.38. The van der Waals surface area contributed by atoms with E-state index in [0.29, 0.717) is 35.1 Å². The first-order valence-corrected chi connectivity index (χ1v) is 11.6. The number of hydrogen-bond donors (Lipinski definition) is 1. The summed E-state index contributed by atoms with van der Waals surface area (Å²) in [5.41, 5.74) is 1.80. The van der Waals surface area contributed by atoms with E-state index >= 15 is 0 Å². The van der Waals surface area contributed by atoms with Gasteiger partial charge in [0.05, 0.1) is 26.4 Å². The molecule has 4 rings (SSSR count). The van der Waals surface area contributed by atoms with Crippen LogP contribution in [0.4, 0.5) is 5.69 Å². The molecule has 0 saturated carbocycles. The Morgan fingerprint density at radius 1 is 1.06 bits per heavy atom. The minimum atomic E-state index is -0.797. The molecule has 1 amide bonds. The molecule has 1 atom stereocenters. The maximum Gasteiger partial charge on any atom is 0.300 e. The quantitative estimate of drug-likeness (QED) is 0.288. The number of amides is 1. The van der Waals surface area contributed by atoms with Crippen molar-refractivity contribution in [3.05, 3.63) is 75.5 Å². The number of benzene rings is 2. The van der Waals surface area contributed by atoms with Crippen LogP contribution in [-0.4, -0.2) is 37.6 Å². The van der Waals surface area contributed by atoms with Gasteiger partial charge in [-0.3, -0.25) is 14.5 Å². The Bertz CT molecular complexity index is 1280.